The van der Waals surface area contributed by atoms with Gasteiger partial charge in [0.1, 0.15) is 13.2 Å². The van der Waals surface area contributed by atoms with E-state index in [1.807, 2.05) is 18.2 Å². The number of fused-ring (bicyclic) bond motifs is 1. The van der Waals surface area contributed by atoms with E-state index in [2.05, 4.69) is 24.5 Å². The quantitative estimate of drug-likeness (QED) is 0.804. The summed E-state index contributed by atoms with van der Waals surface area (Å²) >= 11 is 0. The number of carbonyl (C=O) groups is 1. The average Bonchev–Trinajstić information content (AvgIpc) is 2.87. The lowest BCUT2D eigenvalue weighted by Crippen LogP contribution is -2.44. The Hall–Kier alpha value is -1.91. The molecule has 25 heavy (non-hydrogen) atoms. The van der Waals surface area contributed by atoms with Gasteiger partial charge in [-0.2, -0.15) is 0 Å². The number of benzene rings is 1. The molecule has 0 unspecified atom stereocenters. The Bertz CT molecular complexity index is 580. The molecule has 1 saturated carbocycles. The lowest BCUT2D eigenvalue weighted by Gasteiger charge is -2.26. The summed E-state index contributed by atoms with van der Waals surface area (Å²) in [5.41, 5.74) is 1.05. The predicted octanol–water partition coefficient (Wildman–Crippen LogP) is 4.18. The average molecular weight is 346 g/mol. The SMILES string of the molecule is CC(C)[C@H](NC(=O)NC1CCCCCC1)c1ccc2c(c1)OCCO2. The monoisotopic (exact) mass is 346 g/mol. The van der Waals surface area contributed by atoms with E-state index >= 15 is 0 Å². The summed E-state index contributed by atoms with van der Waals surface area (Å²) in [5, 5.41) is 6.33. The van der Waals surface area contributed by atoms with E-state index in [4.69, 9.17) is 9.47 Å². The maximum Gasteiger partial charge on any atom is 0.315 e. The van der Waals surface area contributed by atoms with E-state index in [-0.39, 0.29) is 18.0 Å². The van der Waals surface area contributed by atoms with Crippen LogP contribution in [-0.2, 0) is 0 Å². The lowest BCUT2D eigenvalue weighted by molar-refractivity contribution is 0.171. The van der Waals surface area contributed by atoms with Gasteiger partial charge in [0.2, 0.25) is 0 Å². The highest BCUT2D eigenvalue weighted by molar-refractivity contribution is 5.75. The fourth-order valence-corrected chi connectivity index (χ4v) is 3.68. The molecule has 1 heterocycles. The van der Waals surface area contributed by atoms with Crippen molar-refractivity contribution in [3.05, 3.63) is 23.8 Å². The van der Waals surface area contributed by atoms with Gasteiger partial charge < -0.3 is 20.1 Å². The Morgan fingerprint density at radius 1 is 1.04 bits per heavy atom. The van der Waals surface area contributed by atoms with Crippen LogP contribution >= 0.6 is 0 Å². The van der Waals surface area contributed by atoms with Crippen LogP contribution in [0.1, 0.15) is 64.0 Å². The Morgan fingerprint density at radius 3 is 2.40 bits per heavy atom. The standard InChI is InChI=1S/C20H30N2O3/c1-14(2)19(15-9-10-17-18(13-15)25-12-11-24-17)22-20(23)21-16-7-5-3-4-6-8-16/h9-10,13-14,16,19H,3-8,11-12H2,1-2H3,(H2,21,22,23)/t19-/m0/s1. The summed E-state index contributed by atoms with van der Waals surface area (Å²) in [6.07, 6.45) is 7.16. The first-order valence-corrected chi connectivity index (χ1v) is 9.60. The Kier molecular flexibility index (Phi) is 6.05. The maximum absolute atomic E-state index is 12.5. The van der Waals surface area contributed by atoms with Crippen molar-refractivity contribution in [3.8, 4) is 11.5 Å². The minimum Gasteiger partial charge on any atom is -0.486 e. The van der Waals surface area contributed by atoms with Crippen LogP contribution in [0.3, 0.4) is 0 Å². The number of rotatable bonds is 4. The molecule has 0 spiro atoms. The van der Waals surface area contributed by atoms with Crippen molar-refractivity contribution in [3.63, 3.8) is 0 Å². The molecule has 5 nitrogen and oxygen atoms in total. The van der Waals surface area contributed by atoms with E-state index in [9.17, 15) is 4.79 Å². The summed E-state index contributed by atoms with van der Waals surface area (Å²) in [5.74, 6) is 1.82. The number of nitrogens with one attached hydrogen (secondary N) is 2. The zero-order valence-electron chi connectivity index (χ0n) is 15.3. The number of ether oxygens (including phenoxy) is 2. The molecule has 3 rings (SSSR count). The van der Waals surface area contributed by atoms with Crippen LogP contribution in [-0.4, -0.2) is 25.3 Å². The third-order valence-corrected chi connectivity index (χ3v) is 5.07. The summed E-state index contributed by atoms with van der Waals surface area (Å²) < 4.78 is 11.3. The molecule has 1 aromatic carbocycles. The van der Waals surface area contributed by atoms with Crippen LogP contribution < -0.4 is 20.1 Å². The van der Waals surface area contributed by atoms with E-state index < -0.39 is 0 Å². The van der Waals surface area contributed by atoms with Gasteiger partial charge in [-0.3, -0.25) is 0 Å². The number of hydrogen-bond acceptors (Lipinski definition) is 3. The summed E-state index contributed by atoms with van der Waals surface area (Å²) in [7, 11) is 0. The van der Waals surface area contributed by atoms with Gasteiger partial charge in [-0.05, 0) is 36.5 Å². The molecule has 1 atom stereocenters. The molecule has 0 bridgehead atoms. The van der Waals surface area contributed by atoms with Crippen molar-refractivity contribution in [1.29, 1.82) is 0 Å². The highest BCUT2D eigenvalue weighted by Gasteiger charge is 2.23. The van der Waals surface area contributed by atoms with Crippen LogP contribution in [0.5, 0.6) is 11.5 Å². The first-order valence-electron chi connectivity index (χ1n) is 9.60. The van der Waals surface area contributed by atoms with Crippen molar-refractivity contribution in [2.75, 3.05) is 13.2 Å². The predicted molar refractivity (Wildman–Crippen MR) is 98.2 cm³/mol. The molecule has 2 N–H and O–H groups in total. The molecular formula is C20H30N2O3. The van der Waals surface area contributed by atoms with Crippen LogP contribution in [0, 0.1) is 5.92 Å². The first-order chi connectivity index (χ1) is 12.1. The molecule has 1 fully saturated rings. The minimum absolute atomic E-state index is 0.0541. The molecule has 2 aliphatic rings. The molecule has 1 aromatic rings. The Labute approximate surface area is 150 Å². The van der Waals surface area contributed by atoms with Crippen molar-refractivity contribution >= 4 is 6.03 Å². The maximum atomic E-state index is 12.5. The third-order valence-electron chi connectivity index (χ3n) is 5.07. The lowest BCUT2D eigenvalue weighted by atomic mass is 9.95. The second kappa shape index (κ2) is 8.45. The molecule has 0 radical (unpaired) electrons. The van der Waals surface area contributed by atoms with Gasteiger partial charge in [0.15, 0.2) is 11.5 Å². The molecule has 1 aliphatic carbocycles. The van der Waals surface area contributed by atoms with Crippen molar-refractivity contribution in [1.82, 2.24) is 10.6 Å². The van der Waals surface area contributed by atoms with Gasteiger partial charge in [0.25, 0.3) is 0 Å². The number of urea groups is 1. The van der Waals surface area contributed by atoms with E-state index in [0.717, 1.165) is 29.9 Å². The third kappa shape index (κ3) is 4.80. The fourth-order valence-electron chi connectivity index (χ4n) is 3.68. The molecule has 1 aliphatic heterocycles. The first kappa shape index (κ1) is 17.9. The molecule has 5 heteroatoms. The molecule has 0 saturated heterocycles. The van der Waals surface area contributed by atoms with Crippen LogP contribution in [0.4, 0.5) is 4.79 Å². The van der Waals surface area contributed by atoms with Crippen LogP contribution in [0.25, 0.3) is 0 Å². The normalized spacial score (nSPS) is 19.2. The highest BCUT2D eigenvalue weighted by Crippen LogP contribution is 2.34. The summed E-state index contributed by atoms with van der Waals surface area (Å²) in [4.78, 5) is 12.5. The summed E-state index contributed by atoms with van der Waals surface area (Å²) in [6.45, 7) is 5.39. The van der Waals surface area contributed by atoms with Gasteiger partial charge in [0.05, 0.1) is 6.04 Å². The van der Waals surface area contributed by atoms with Crippen molar-refractivity contribution in [2.45, 2.75) is 64.5 Å². The number of hydrogen-bond donors (Lipinski definition) is 2. The van der Waals surface area contributed by atoms with Crippen molar-refractivity contribution in [2.24, 2.45) is 5.92 Å². The van der Waals surface area contributed by atoms with Crippen LogP contribution in [0.15, 0.2) is 18.2 Å². The van der Waals surface area contributed by atoms with E-state index in [1.54, 1.807) is 0 Å². The fraction of sp³-hybridized carbons (Fsp3) is 0.650. The van der Waals surface area contributed by atoms with Gasteiger partial charge in [-0.15, -0.1) is 0 Å². The summed E-state index contributed by atoms with van der Waals surface area (Å²) in [6, 6.07) is 6.12. The zero-order chi connectivity index (χ0) is 17.6. The molecule has 2 amide bonds. The molecule has 0 aromatic heterocycles. The second-order valence-electron chi connectivity index (χ2n) is 7.43. The largest absolute Gasteiger partial charge is 0.486 e. The van der Waals surface area contributed by atoms with Crippen molar-refractivity contribution < 1.29 is 14.3 Å². The van der Waals surface area contributed by atoms with Gasteiger partial charge in [-0.25, -0.2) is 4.79 Å². The van der Waals surface area contributed by atoms with E-state index in [0.29, 0.717) is 19.3 Å². The number of carbonyl (C=O) groups excluding carboxylic acids is 1. The molecule has 138 valence electrons. The Morgan fingerprint density at radius 2 is 1.72 bits per heavy atom. The highest BCUT2D eigenvalue weighted by atomic mass is 16.6. The zero-order valence-corrected chi connectivity index (χ0v) is 15.3. The van der Waals surface area contributed by atoms with Gasteiger partial charge in [0, 0.05) is 6.04 Å². The smallest absolute Gasteiger partial charge is 0.315 e. The topological polar surface area (TPSA) is 59.6 Å². The number of amides is 2. The Balaban J connectivity index is 1.65. The van der Waals surface area contributed by atoms with E-state index in [1.165, 1.54) is 25.7 Å². The van der Waals surface area contributed by atoms with Gasteiger partial charge >= 0.3 is 6.03 Å². The second-order valence-corrected chi connectivity index (χ2v) is 7.43. The van der Waals surface area contributed by atoms with Gasteiger partial charge in [-0.1, -0.05) is 45.6 Å². The van der Waals surface area contributed by atoms with Crippen LogP contribution in [0.2, 0.25) is 0 Å². The molecular weight excluding hydrogens is 316 g/mol. The minimum atomic E-state index is -0.0690.